The molecule has 0 aliphatic rings. The highest BCUT2D eigenvalue weighted by atomic mass is 16.6. The Hall–Kier alpha value is -3.28. The van der Waals surface area contributed by atoms with Crippen molar-refractivity contribution in [2.75, 3.05) is 0 Å². The molecular formula is C19H16N2O4. The van der Waals surface area contributed by atoms with Gasteiger partial charge in [0.15, 0.2) is 0 Å². The first-order valence-corrected chi connectivity index (χ1v) is 7.84. The molecule has 0 radical (unpaired) electrons. The van der Waals surface area contributed by atoms with Gasteiger partial charge in [-0.05, 0) is 33.7 Å². The van der Waals surface area contributed by atoms with Crippen molar-refractivity contribution in [3.05, 3.63) is 74.8 Å². The average molecular weight is 336 g/mol. The fourth-order valence-electron chi connectivity index (χ4n) is 2.88. The van der Waals surface area contributed by atoms with E-state index >= 15 is 0 Å². The molecule has 25 heavy (non-hydrogen) atoms. The van der Waals surface area contributed by atoms with Crippen molar-refractivity contribution in [1.29, 1.82) is 0 Å². The summed E-state index contributed by atoms with van der Waals surface area (Å²) in [6.45, 7) is 3.08. The van der Waals surface area contributed by atoms with Gasteiger partial charge in [0.1, 0.15) is 0 Å². The first-order chi connectivity index (χ1) is 11.9. The van der Waals surface area contributed by atoms with Crippen molar-refractivity contribution < 1.29 is 9.85 Å². The molecule has 126 valence electrons. The molecule has 6 nitrogen and oxygen atoms in total. The summed E-state index contributed by atoms with van der Waals surface area (Å²) in [6, 6.07) is 17.0. The lowest BCUT2D eigenvalue weighted by Crippen LogP contribution is -2.08. The Morgan fingerprint density at radius 2 is 1.24 bits per heavy atom. The maximum absolute atomic E-state index is 11.2. The molecule has 0 aromatic heterocycles. The van der Waals surface area contributed by atoms with Crippen molar-refractivity contribution in [3.63, 3.8) is 0 Å². The number of nitro groups is 2. The highest BCUT2D eigenvalue weighted by Crippen LogP contribution is 2.38. The van der Waals surface area contributed by atoms with Gasteiger partial charge in [-0.15, -0.1) is 0 Å². The summed E-state index contributed by atoms with van der Waals surface area (Å²) in [5.41, 5.74) is 0.172. The van der Waals surface area contributed by atoms with Crippen LogP contribution in [0.3, 0.4) is 0 Å². The van der Waals surface area contributed by atoms with Crippen LogP contribution in [-0.2, 0) is 0 Å². The zero-order valence-corrected chi connectivity index (χ0v) is 13.8. The fraction of sp³-hybridized carbons (Fsp3) is 0.158. The summed E-state index contributed by atoms with van der Waals surface area (Å²) in [5, 5.41) is 26.8. The number of nitrogens with zero attached hydrogens (tertiary/aromatic N) is 2. The molecule has 0 aliphatic heterocycles. The Labute approximate surface area is 143 Å². The molecule has 0 spiro atoms. The number of benzene rings is 4. The second-order valence-electron chi connectivity index (χ2n) is 6.08. The maximum Gasteiger partial charge on any atom is 0.277 e. The Kier molecular flexibility index (Phi) is 4.19. The van der Waals surface area contributed by atoms with Crippen LogP contribution in [0.5, 0.6) is 0 Å². The van der Waals surface area contributed by atoms with Crippen LogP contribution >= 0.6 is 0 Å². The van der Waals surface area contributed by atoms with E-state index in [-0.39, 0.29) is 15.5 Å². The average Bonchev–Trinajstić information content (AvgIpc) is 2.59. The molecule has 0 amide bonds. The molecule has 0 fully saturated rings. The normalized spacial score (nSPS) is 11.0. The smallest absolute Gasteiger partial charge is 0.264 e. The van der Waals surface area contributed by atoms with Crippen LogP contribution in [0.1, 0.15) is 13.8 Å². The molecule has 0 heterocycles. The van der Waals surface area contributed by atoms with E-state index in [0.29, 0.717) is 5.39 Å². The molecule has 6 heteroatoms. The highest BCUT2D eigenvalue weighted by Gasteiger charge is 2.16. The van der Waals surface area contributed by atoms with E-state index in [0.717, 1.165) is 26.9 Å². The summed E-state index contributed by atoms with van der Waals surface area (Å²) in [5.74, 6) is 0. The number of nitro benzene ring substituents is 1. The topological polar surface area (TPSA) is 86.3 Å². The van der Waals surface area contributed by atoms with Gasteiger partial charge in [-0.1, -0.05) is 36.4 Å². The number of rotatable bonds is 2. The molecule has 4 rings (SSSR count). The SMILES string of the molecule is CC(C)[N+](=O)[O-].O=[N+]([O-])c1ccc2ccc3cccc4ccc1c2c34. The number of hydrogen-bond acceptors (Lipinski definition) is 4. The van der Waals surface area contributed by atoms with Gasteiger partial charge in [0.05, 0.1) is 10.3 Å². The van der Waals surface area contributed by atoms with E-state index < -0.39 is 6.04 Å². The van der Waals surface area contributed by atoms with Gasteiger partial charge in [0.25, 0.3) is 5.69 Å². The Bertz CT molecular complexity index is 1070. The van der Waals surface area contributed by atoms with Crippen LogP contribution in [0.15, 0.2) is 54.6 Å². The van der Waals surface area contributed by atoms with Gasteiger partial charge in [0.2, 0.25) is 6.04 Å². The summed E-state index contributed by atoms with van der Waals surface area (Å²) >= 11 is 0. The summed E-state index contributed by atoms with van der Waals surface area (Å²) in [6.07, 6.45) is 0. The molecule has 0 atom stereocenters. The lowest BCUT2D eigenvalue weighted by atomic mass is 9.94. The molecule has 4 aromatic carbocycles. The third-order valence-electron chi connectivity index (χ3n) is 4.12. The number of non-ortho nitro benzene ring substituents is 1. The Morgan fingerprint density at radius 1 is 0.760 bits per heavy atom. The third-order valence-corrected chi connectivity index (χ3v) is 4.12. The fourth-order valence-corrected chi connectivity index (χ4v) is 2.88. The molecule has 0 unspecified atom stereocenters. The molecule has 0 saturated heterocycles. The van der Waals surface area contributed by atoms with Crippen molar-refractivity contribution in [3.8, 4) is 0 Å². The van der Waals surface area contributed by atoms with Crippen molar-refractivity contribution in [2.24, 2.45) is 0 Å². The predicted molar refractivity (Wildman–Crippen MR) is 98.9 cm³/mol. The van der Waals surface area contributed by atoms with Gasteiger partial charge in [-0.2, -0.15) is 0 Å². The molecule has 0 saturated carbocycles. The van der Waals surface area contributed by atoms with Crippen LogP contribution < -0.4 is 0 Å². The Morgan fingerprint density at radius 3 is 1.76 bits per heavy atom. The van der Waals surface area contributed by atoms with Crippen LogP contribution in [0.2, 0.25) is 0 Å². The summed E-state index contributed by atoms with van der Waals surface area (Å²) < 4.78 is 0. The molecule has 0 bridgehead atoms. The highest BCUT2D eigenvalue weighted by molar-refractivity contribution is 6.24. The van der Waals surface area contributed by atoms with Crippen LogP contribution in [0.4, 0.5) is 5.69 Å². The number of hydrogen-bond donors (Lipinski definition) is 0. The van der Waals surface area contributed by atoms with Gasteiger partial charge in [0, 0.05) is 30.2 Å². The third kappa shape index (κ3) is 2.94. The van der Waals surface area contributed by atoms with Gasteiger partial charge in [-0.3, -0.25) is 20.2 Å². The van der Waals surface area contributed by atoms with Gasteiger partial charge < -0.3 is 0 Å². The molecule has 4 aromatic rings. The Balaban J connectivity index is 0.000000265. The minimum Gasteiger partial charge on any atom is -0.264 e. The first kappa shape index (κ1) is 16.6. The zero-order valence-electron chi connectivity index (χ0n) is 13.8. The van der Waals surface area contributed by atoms with E-state index in [1.165, 1.54) is 0 Å². The minimum atomic E-state index is -0.426. The zero-order chi connectivity index (χ0) is 18.1. The van der Waals surface area contributed by atoms with Crippen LogP contribution in [0, 0.1) is 20.2 Å². The second-order valence-corrected chi connectivity index (χ2v) is 6.08. The minimum absolute atomic E-state index is 0.172. The van der Waals surface area contributed by atoms with E-state index in [9.17, 15) is 20.2 Å². The van der Waals surface area contributed by atoms with Gasteiger partial charge >= 0.3 is 0 Å². The monoisotopic (exact) mass is 336 g/mol. The van der Waals surface area contributed by atoms with E-state index in [1.54, 1.807) is 19.9 Å². The summed E-state index contributed by atoms with van der Waals surface area (Å²) in [4.78, 5) is 20.0. The molecule has 0 N–H and O–H groups in total. The van der Waals surface area contributed by atoms with E-state index in [4.69, 9.17) is 0 Å². The van der Waals surface area contributed by atoms with Crippen molar-refractivity contribution in [1.82, 2.24) is 0 Å². The lowest BCUT2D eigenvalue weighted by molar-refractivity contribution is -0.513. The molecule has 0 aliphatic carbocycles. The largest absolute Gasteiger partial charge is 0.277 e. The second kappa shape index (κ2) is 6.32. The van der Waals surface area contributed by atoms with Crippen LogP contribution in [0.25, 0.3) is 32.3 Å². The van der Waals surface area contributed by atoms with Gasteiger partial charge in [-0.25, -0.2) is 0 Å². The maximum atomic E-state index is 11.2. The van der Waals surface area contributed by atoms with Crippen LogP contribution in [-0.4, -0.2) is 15.9 Å². The van der Waals surface area contributed by atoms with Crippen molar-refractivity contribution in [2.45, 2.75) is 19.9 Å². The summed E-state index contributed by atoms with van der Waals surface area (Å²) in [7, 11) is 0. The predicted octanol–water partition coefficient (Wildman–Crippen LogP) is 5.16. The van der Waals surface area contributed by atoms with Crippen molar-refractivity contribution >= 4 is 38.0 Å². The molecular weight excluding hydrogens is 320 g/mol. The lowest BCUT2D eigenvalue weighted by Gasteiger charge is -2.10. The quantitative estimate of drug-likeness (QED) is 0.287. The standard InChI is InChI=1S/C16H9NO2.C3H7NO2/c18-17(19)14-9-7-12-5-4-10-2-1-3-11-6-8-13(14)16(12)15(10)11;1-3(2)4(5)6/h1-9H;3H,1-2H3. The van der Waals surface area contributed by atoms with E-state index in [1.807, 2.05) is 42.5 Å². The van der Waals surface area contributed by atoms with E-state index in [2.05, 4.69) is 6.07 Å². The first-order valence-electron chi connectivity index (χ1n) is 7.84.